The standard InChI is InChI=1S/C33H44N8O3/c1-32(2,3)44-31(42)41(18-24-8-9-24)26-7-6-14-39(19-26)25-10-11-29(35-15-25)33(21-43-22-33)40-20-28(36-23-40)27-16-34-17-30(37-27)38-12-4-5-13-38/h10-11,15-17,20,23-24,26H,4-9,12-14,18-19,21-22H2,1-3H3/t26-/m1/s1. The lowest BCUT2D eigenvalue weighted by molar-refractivity contribution is -0.0784. The van der Waals surface area contributed by atoms with Crippen molar-refractivity contribution in [2.24, 2.45) is 5.92 Å². The molecular weight excluding hydrogens is 556 g/mol. The van der Waals surface area contributed by atoms with Gasteiger partial charge < -0.3 is 28.7 Å². The summed E-state index contributed by atoms with van der Waals surface area (Å²) in [7, 11) is 0. The van der Waals surface area contributed by atoms with E-state index in [1.165, 1.54) is 25.7 Å². The van der Waals surface area contributed by atoms with Gasteiger partial charge >= 0.3 is 6.09 Å². The van der Waals surface area contributed by atoms with E-state index in [-0.39, 0.29) is 12.1 Å². The van der Waals surface area contributed by atoms with Crippen LogP contribution in [0.2, 0.25) is 0 Å². The van der Waals surface area contributed by atoms with E-state index >= 15 is 0 Å². The second-order valence-corrected chi connectivity index (χ2v) is 13.9. The molecular formula is C33H44N8O3. The molecule has 1 atom stereocenters. The van der Waals surface area contributed by atoms with E-state index in [1.807, 2.05) is 50.6 Å². The van der Waals surface area contributed by atoms with Gasteiger partial charge in [0.1, 0.15) is 28.3 Å². The molecule has 3 saturated heterocycles. The first-order valence-electron chi connectivity index (χ1n) is 16.2. The number of nitrogens with zero attached hydrogens (tertiary/aromatic N) is 8. The number of aromatic nitrogens is 5. The molecule has 1 saturated carbocycles. The number of carbonyl (C=O) groups excluding carboxylic acids is 1. The van der Waals surface area contributed by atoms with Crippen molar-refractivity contribution in [1.29, 1.82) is 0 Å². The zero-order valence-corrected chi connectivity index (χ0v) is 26.2. The van der Waals surface area contributed by atoms with Gasteiger partial charge in [-0.1, -0.05) is 0 Å². The summed E-state index contributed by atoms with van der Waals surface area (Å²) in [5, 5.41) is 0. The maximum Gasteiger partial charge on any atom is 0.410 e. The monoisotopic (exact) mass is 600 g/mol. The van der Waals surface area contributed by atoms with Gasteiger partial charge in [0.05, 0.1) is 55.6 Å². The number of hydrogen-bond acceptors (Lipinski definition) is 9. The maximum atomic E-state index is 13.2. The molecule has 1 amide bonds. The fourth-order valence-corrected chi connectivity index (χ4v) is 6.56. The van der Waals surface area contributed by atoms with E-state index in [1.54, 1.807) is 6.20 Å². The smallest absolute Gasteiger partial charge is 0.410 e. The first kappa shape index (κ1) is 29.0. The van der Waals surface area contributed by atoms with Crippen LogP contribution in [0.1, 0.15) is 65.0 Å². The molecule has 11 heteroatoms. The molecule has 3 aromatic heterocycles. The quantitative estimate of drug-likeness (QED) is 0.363. The van der Waals surface area contributed by atoms with Crippen molar-refractivity contribution in [1.82, 2.24) is 29.4 Å². The Labute approximate surface area is 259 Å². The van der Waals surface area contributed by atoms with Gasteiger partial charge in [-0.2, -0.15) is 0 Å². The Hall–Kier alpha value is -3.73. The maximum absolute atomic E-state index is 13.2. The van der Waals surface area contributed by atoms with Crippen LogP contribution in [0.5, 0.6) is 0 Å². The highest BCUT2D eigenvalue weighted by Crippen LogP contribution is 2.36. The molecule has 3 aromatic rings. The third-order valence-electron chi connectivity index (χ3n) is 9.28. The van der Waals surface area contributed by atoms with E-state index in [0.717, 1.165) is 74.2 Å². The number of rotatable bonds is 8. The van der Waals surface area contributed by atoms with Crippen LogP contribution in [0.25, 0.3) is 11.4 Å². The average Bonchev–Trinajstić information content (AvgIpc) is 3.41. The predicted molar refractivity (Wildman–Crippen MR) is 168 cm³/mol. The molecule has 4 aliphatic rings. The molecule has 6 heterocycles. The van der Waals surface area contributed by atoms with Crippen LogP contribution in [0.3, 0.4) is 0 Å². The van der Waals surface area contributed by atoms with Crippen molar-refractivity contribution in [2.75, 3.05) is 55.7 Å². The third kappa shape index (κ3) is 5.98. The molecule has 0 unspecified atom stereocenters. The number of anilines is 2. The predicted octanol–water partition coefficient (Wildman–Crippen LogP) is 4.73. The lowest BCUT2D eigenvalue weighted by atomic mass is 9.92. The molecule has 0 aromatic carbocycles. The van der Waals surface area contributed by atoms with E-state index in [0.29, 0.717) is 19.1 Å². The summed E-state index contributed by atoms with van der Waals surface area (Å²) in [4.78, 5) is 38.9. The van der Waals surface area contributed by atoms with Crippen molar-refractivity contribution in [3.63, 3.8) is 0 Å². The van der Waals surface area contributed by atoms with Gasteiger partial charge in [-0.15, -0.1) is 0 Å². The van der Waals surface area contributed by atoms with E-state index < -0.39 is 11.1 Å². The highest BCUT2D eigenvalue weighted by atomic mass is 16.6. The summed E-state index contributed by atoms with van der Waals surface area (Å²) in [6.07, 6.45) is 16.1. The van der Waals surface area contributed by atoms with Crippen LogP contribution in [-0.2, 0) is 15.0 Å². The van der Waals surface area contributed by atoms with Gasteiger partial charge in [0.15, 0.2) is 0 Å². The summed E-state index contributed by atoms with van der Waals surface area (Å²) >= 11 is 0. The summed E-state index contributed by atoms with van der Waals surface area (Å²) in [6.45, 7) is 11.4. The summed E-state index contributed by atoms with van der Waals surface area (Å²) in [6, 6.07) is 4.40. The van der Waals surface area contributed by atoms with E-state index in [9.17, 15) is 4.79 Å². The van der Waals surface area contributed by atoms with Crippen molar-refractivity contribution in [2.45, 2.75) is 76.5 Å². The van der Waals surface area contributed by atoms with Crippen LogP contribution in [0.4, 0.5) is 16.3 Å². The fourth-order valence-electron chi connectivity index (χ4n) is 6.56. The fraction of sp³-hybridized carbons (Fsp3) is 0.606. The Morgan fingerprint density at radius 1 is 1.00 bits per heavy atom. The normalized spacial score (nSPS) is 21.7. The van der Waals surface area contributed by atoms with Crippen LogP contribution in [0.15, 0.2) is 43.2 Å². The second kappa shape index (κ2) is 11.6. The molecule has 234 valence electrons. The number of piperidine rings is 1. The largest absolute Gasteiger partial charge is 0.444 e. The highest BCUT2D eigenvalue weighted by molar-refractivity contribution is 5.69. The summed E-state index contributed by atoms with van der Waals surface area (Å²) < 4.78 is 13.7. The van der Waals surface area contributed by atoms with Gasteiger partial charge in [0.25, 0.3) is 0 Å². The molecule has 3 aliphatic heterocycles. The molecule has 0 N–H and O–H groups in total. The van der Waals surface area contributed by atoms with Crippen molar-refractivity contribution in [3.05, 3.63) is 48.9 Å². The van der Waals surface area contributed by atoms with Gasteiger partial charge in [-0.3, -0.25) is 9.97 Å². The van der Waals surface area contributed by atoms with Gasteiger partial charge in [0, 0.05) is 38.9 Å². The Bertz CT molecular complexity index is 1450. The number of ether oxygens (including phenoxy) is 2. The SMILES string of the molecule is CC(C)(C)OC(=O)N(CC1CC1)[C@@H]1CCCN(c2ccc(C3(n4cnc(-c5cncc(N6CCCC6)n5)c4)COC3)nc2)C1. The minimum Gasteiger partial charge on any atom is -0.444 e. The minimum atomic E-state index is -0.505. The molecule has 7 rings (SSSR count). The topological polar surface area (TPSA) is 102 Å². The van der Waals surface area contributed by atoms with E-state index in [2.05, 4.69) is 31.5 Å². The zero-order valence-electron chi connectivity index (χ0n) is 26.2. The Morgan fingerprint density at radius 2 is 1.80 bits per heavy atom. The molecule has 0 radical (unpaired) electrons. The molecule has 44 heavy (non-hydrogen) atoms. The Balaban J connectivity index is 1.06. The number of imidazole rings is 1. The number of amides is 1. The third-order valence-corrected chi connectivity index (χ3v) is 9.28. The van der Waals surface area contributed by atoms with Gasteiger partial charge in [0.2, 0.25) is 0 Å². The van der Waals surface area contributed by atoms with Crippen LogP contribution in [-0.4, -0.2) is 93.1 Å². The second-order valence-electron chi connectivity index (χ2n) is 13.9. The van der Waals surface area contributed by atoms with Crippen LogP contribution < -0.4 is 9.80 Å². The molecule has 4 fully saturated rings. The Kier molecular flexibility index (Phi) is 7.68. The van der Waals surface area contributed by atoms with Crippen molar-refractivity contribution >= 4 is 17.6 Å². The minimum absolute atomic E-state index is 0.127. The van der Waals surface area contributed by atoms with Crippen molar-refractivity contribution < 1.29 is 14.3 Å². The Morgan fingerprint density at radius 3 is 2.48 bits per heavy atom. The number of carbonyl (C=O) groups is 1. The van der Waals surface area contributed by atoms with E-state index in [4.69, 9.17) is 24.4 Å². The number of hydrogen-bond donors (Lipinski definition) is 0. The molecule has 11 nitrogen and oxygen atoms in total. The lowest BCUT2D eigenvalue weighted by Crippen LogP contribution is -2.53. The number of pyridine rings is 1. The molecule has 0 spiro atoms. The van der Waals surface area contributed by atoms with Gasteiger partial charge in [-0.25, -0.2) is 14.8 Å². The lowest BCUT2D eigenvalue weighted by Gasteiger charge is -2.42. The average molecular weight is 601 g/mol. The first-order chi connectivity index (χ1) is 21.3. The summed E-state index contributed by atoms with van der Waals surface area (Å²) in [5.41, 5.74) is 2.67. The van der Waals surface area contributed by atoms with Gasteiger partial charge in [-0.05, 0) is 77.3 Å². The van der Waals surface area contributed by atoms with Crippen LogP contribution >= 0.6 is 0 Å². The first-order valence-corrected chi connectivity index (χ1v) is 16.2. The summed E-state index contributed by atoms with van der Waals surface area (Å²) in [5.74, 6) is 1.51. The van der Waals surface area contributed by atoms with Crippen molar-refractivity contribution in [3.8, 4) is 11.4 Å². The molecule has 1 aliphatic carbocycles. The highest BCUT2D eigenvalue weighted by Gasteiger charge is 2.44. The zero-order chi connectivity index (χ0) is 30.3. The van der Waals surface area contributed by atoms with Crippen LogP contribution in [0, 0.1) is 5.92 Å². The molecule has 0 bridgehead atoms.